The molecule has 0 aliphatic carbocycles. The molecule has 2 aromatic carbocycles. The van der Waals surface area contributed by atoms with E-state index in [1.165, 1.54) is 37.9 Å². The summed E-state index contributed by atoms with van der Waals surface area (Å²) in [7, 11) is 0. The van der Waals surface area contributed by atoms with Crippen LogP contribution in [-0.2, 0) is 11.8 Å². The number of pyridine rings is 1. The van der Waals surface area contributed by atoms with Crippen molar-refractivity contribution in [1.29, 1.82) is 0 Å². The molecular formula is C31H32N2S. The van der Waals surface area contributed by atoms with Crippen molar-refractivity contribution in [3.05, 3.63) is 105 Å². The Kier molecular flexibility index (Phi) is 5.69. The summed E-state index contributed by atoms with van der Waals surface area (Å²) in [5.41, 5.74) is 7.46. The van der Waals surface area contributed by atoms with Crippen LogP contribution in [0.2, 0.25) is 0 Å². The second-order valence-corrected chi connectivity index (χ2v) is 11.5. The molecule has 2 aromatic heterocycles. The van der Waals surface area contributed by atoms with Crippen molar-refractivity contribution in [2.24, 2.45) is 5.92 Å². The number of aromatic nitrogens is 1. The van der Waals surface area contributed by atoms with E-state index in [2.05, 4.69) is 108 Å². The van der Waals surface area contributed by atoms with Gasteiger partial charge in [0.05, 0.1) is 0 Å². The third kappa shape index (κ3) is 4.10. The molecule has 3 heteroatoms. The standard InChI is InChI=1S/C31H32N2S/c1-20(2)15-24-19-34-30-26(24)11-13-32-29(30)22-12-14-33(6)28(18-22)23-16-21-9-7-8-10-25(21)27(17-23)31(3,4)5/h7-14,16-20H,6,15H2,1-5H3. The first kappa shape index (κ1) is 22.6. The highest BCUT2D eigenvalue weighted by Gasteiger charge is 2.20. The van der Waals surface area contributed by atoms with Crippen molar-refractivity contribution < 1.29 is 4.24 Å². The van der Waals surface area contributed by atoms with Crippen molar-refractivity contribution in [3.8, 4) is 11.3 Å². The minimum absolute atomic E-state index is 0.0379. The molecule has 0 unspecified atom stereocenters. The molecule has 2 nitrogen and oxygen atoms in total. The number of nitrogens with zero attached hydrogens (tertiary/aromatic N) is 2. The van der Waals surface area contributed by atoms with Gasteiger partial charge in [0.1, 0.15) is 6.72 Å². The lowest BCUT2D eigenvalue weighted by molar-refractivity contribution is -0.486. The van der Waals surface area contributed by atoms with Gasteiger partial charge in [0.15, 0.2) is 6.20 Å². The van der Waals surface area contributed by atoms with Gasteiger partial charge in [-0.15, -0.1) is 17.0 Å². The lowest BCUT2D eigenvalue weighted by Gasteiger charge is -2.26. The fourth-order valence-electron chi connectivity index (χ4n) is 4.82. The van der Waals surface area contributed by atoms with Gasteiger partial charge in [0.25, 0.3) is 0 Å². The van der Waals surface area contributed by atoms with Gasteiger partial charge in [-0.1, -0.05) is 65.0 Å². The lowest BCUT2D eigenvalue weighted by atomic mass is 9.82. The summed E-state index contributed by atoms with van der Waals surface area (Å²) in [6, 6.07) is 17.7. The fourth-order valence-corrected chi connectivity index (χ4v) is 5.91. The summed E-state index contributed by atoms with van der Waals surface area (Å²) in [6.07, 6.45) is 7.26. The molecule has 0 fully saturated rings. The van der Waals surface area contributed by atoms with Crippen LogP contribution in [0, 0.1) is 12.6 Å². The third-order valence-corrected chi connectivity index (χ3v) is 7.52. The summed E-state index contributed by atoms with van der Waals surface area (Å²) in [6.45, 7) is 15.7. The number of fused-ring (bicyclic) bond motifs is 2. The highest BCUT2D eigenvalue weighted by Crippen LogP contribution is 2.37. The molecule has 4 aromatic rings. The van der Waals surface area contributed by atoms with E-state index in [9.17, 15) is 0 Å². The Morgan fingerprint density at radius 1 is 1.06 bits per heavy atom. The summed E-state index contributed by atoms with van der Waals surface area (Å²) >= 11 is 1.81. The number of benzene rings is 2. The van der Waals surface area contributed by atoms with E-state index in [0.717, 1.165) is 23.0 Å². The summed E-state index contributed by atoms with van der Waals surface area (Å²) in [5.74, 6) is 0.632. The van der Waals surface area contributed by atoms with Crippen LogP contribution in [0.3, 0.4) is 0 Å². The molecule has 172 valence electrons. The normalized spacial score (nSPS) is 15.0. The van der Waals surface area contributed by atoms with Gasteiger partial charge < -0.3 is 5.32 Å². The van der Waals surface area contributed by atoms with E-state index in [0.29, 0.717) is 5.92 Å². The zero-order valence-corrected chi connectivity index (χ0v) is 21.5. The predicted octanol–water partition coefficient (Wildman–Crippen LogP) is 7.51. The van der Waals surface area contributed by atoms with Gasteiger partial charge in [-0.2, -0.15) is 10.4 Å². The first-order valence-corrected chi connectivity index (χ1v) is 12.9. The van der Waals surface area contributed by atoms with E-state index in [1.807, 2.05) is 10.4 Å². The maximum Gasteiger partial charge on any atom is 0.217 e. The molecule has 0 radical (unpaired) electrons. The molecular weight excluding hydrogens is 432 g/mol. The molecule has 0 saturated heterocycles. The molecule has 0 saturated carbocycles. The second kappa shape index (κ2) is 8.56. The quantitative estimate of drug-likeness (QED) is 0.280. The Morgan fingerprint density at radius 3 is 2.62 bits per heavy atom. The van der Waals surface area contributed by atoms with Crippen LogP contribution < -0.4 is 9.46 Å². The molecule has 5 rings (SSSR count). The fraction of sp³-hybridized carbons (Fsp3) is 0.258. The SMILES string of the molecule is C=[n+]1ccc(=C2[N-]C=Cc3c(CC(C)C)csc32)cc1-c1cc(C(C)(C)C)c2ccccc2c1. The van der Waals surface area contributed by atoms with Crippen LogP contribution in [0.5, 0.6) is 0 Å². The summed E-state index contributed by atoms with van der Waals surface area (Å²) in [5, 5.41) is 10.8. The van der Waals surface area contributed by atoms with E-state index in [-0.39, 0.29) is 5.41 Å². The molecule has 0 atom stereocenters. The molecule has 0 amide bonds. The number of hydrogen-bond donors (Lipinski definition) is 0. The average Bonchev–Trinajstić information content (AvgIpc) is 3.20. The van der Waals surface area contributed by atoms with Crippen LogP contribution in [0.4, 0.5) is 0 Å². The summed E-state index contributed by atoms with van der Waals surface area (Å²) in [4.78, 5) is 1.26. The highest BCUT2D eigenvalue weighted by molar-refractivity contribution is 7.11. The minimum Gasteiger partial charge on any atom is -0.662 e. The van der Waals surface area contributed by atoms with Gasteiger partial charge in [-0.3, -0.25) is 0 Å². The highest BCUT2D eigenvalue weighted by atomic mass is 32.1. The Balaban J connectivity index is 1.72. The zero-order chi connectivity index (χ0) is 24.0. The molecule has 0 bridgehead atoms. The van der Waals surface area contributed by atoms with Gasteiger partial charge in [0, 0.05) is 22.6 Å². The molecule has 0 N–H and O–H groups in total. The van der Waals surface area contributed by atoms with E-state index < -0.39 is 0 Å². The molecule has 0 spiro atoms. The Bertz CT molecular complexity index is 1530. The number of hydrogen-bond acceptors (Lipinski definition) is 1. The number of rotatable bonds is 3. The lowest BCUT2D eigenvalue weighted by Crippen LogP contribution is -2.22. The van der Waals surface area contributed by atoms with E-state index in [4.69, 9.17) is 5.32 Å². The molecule has 1 aliphatic heterocycles. The van der Waals surface area contributed by atoms with E-state index >= 15 is 0 Å². The van der Waals surface area contributed by atoms with Crippen LogP contribution in [0.1, 0.15) is 56.2 Å². The van der Waals surface area contributed by atoms with Crippen molar-refractivity contribution in [2.45, 2.75) is 46.5 Å². The zero-order valence-electron chi connectivity index (χ0n) is 20.7. The summed E-state index contributed by atoms with van der Waals surface area (Å²) < 4.78 is 1.97. The second-order valence-electron chi connectivity index (χ2n) is 10.7. The predicted molar refractivity (Wildman–Crippen MR) is 146 cm³/mol. The Morgan fingerprint density at radius 2 is 1.85 bits per heavy atom. The minimum atomic E-state index is 0.0379. The molecule has 1 aliphatic rings. The van der Waals surface area contributed by atoms with Crippen LogP contribution >= 0.6 is 11.3 Å². The van der Waals surface area contributed by atoms with Gasteiger partial charge in [-0.25, -0.2) is 0 Å². The van der Waals surface area contributed by atoms with Crippen molar-refractivity contribution in [1.82, 2.24) is 0 Å². The first-order chi connectivity index (χ1) is 16.2. The van der Waals surface area contributed by atoms with Crippen LogP contribution in [-0.4, -0.2) is 0 Å². The largest absolute Gasteiger partial charge is 0.662 e. The molecule has 3 heterocycles. The third-order valence-electron chi connectivity index (χ3n) is 6.47. The maximum absolute atomic E-state index is 4.82. The topological polar surface area (TPSA) is 20.0 Å². The monoisotopic (exact) mass is 464 g/mol. The Hall–Kier alpha value is -3.17. The smallest absolute Gasteiger partial charge is 0.217 e. The molecule has 34 heavy (non-hydrogen) atoms. The van der Waals surface area contributed by atoms with E-state index in [1.54, 1.807) is 11.3 Å². The average molecular weight is 465 g/mol. The van der Waals surface area contributed by atoms with Gasteiger partial charge in [0.2, 0.25) is 5.69 Å². The van der Waals surface area contributed by atoms with Crippen molar-refractivity contribution >= 4 is 33.9 Å². The van der Waals surface area contributed by atoms with Crippen molar-refractivity contribution in [2.75, 3.05) is 0 Å². The van der Waals surface area contributed by atoms with Gasteiger partial charge >= 0.3 is 0 Å². The maximum atomic E-state index is 4.82. The Labute approximate surface area is 206 Å². The number of thiophene rings is 1. The van der Waals surface area contributed by atoms with Crippen LogP contribution in [0.25, 0.3) is 39.1 Å². The van der Waals surface area contributed by atoms with Crippen molar-refractivity contribution in [3.63, 3.8) is 0 Å². The van der Waals surface area contributed by atoms with Crippen LogP contribution in [0.15, 0.2) is 66.3 Å². The van der Waals surface area contributed by atoms with Gasteiger partial charge in [-0.05, 0) is 67.9 Å². The first-order valence-electron chi connectivity index (χ1n) is 12.0.